The standard InChI is InChI=1S/C17H20N4O3S2/c22-15(18-17-20-19-16(25-17)12-8-9-12)13-5-4-10-21(11-13)26(23,24)14-6-2-1-3-7-14/h1-3,6-7,12-13H,4-5,8-11H2,(H,18,20,22). The van der Waals surface area contributed by atoms with Gasteiger partial charge in [-0.15, -0.1) is 10.2 Å². The Morgan fingerprint density at radius 1 is 1.15 bits per heavy atom. The van der Waals surface area contributed by atoms with Crippen LogP contribution in [0.3, 0.4) is 0 Å². The molecule has 1 unspecified atom stereocenters. The Balaban J connectivity index is 1.43. The number of hydrogen-bond acceptors (Lipinski definition) is 6. The van der Waals surface area contributed by atoms with Crippen LogP contribution in [0.4, 0.5) is 5.13 Å². The van der Waals surface area contributed by atoms with E-state index in [0.717, 1.165) is 17.8 Å². The number of rotatable bonds is 5. The molecule has 138 valence electrons. The van der Waals surface area contributed by atoms with Gasteiger partial charge in [0.1, 0.15) is 5.01 Å². The first-order chi connectivity index (χ1) is 12.5. The molecule has 7 nitrogen and oxygen atoms in total. The number of anilines is 1. The summed E-state index contributed by atoms with van der Waals surface area (Å²) < 4.78 is 27.0. The molecule has 0 spiro atoms. The van der Waals surface area contributed by atoms with E-state index in [4.69, 9.17) is 0 Å². The smallest absolute Gasteiger partial charge is 0.243 e. The third-order valence-corrected chi connectivity index (χ3v) is 7.61. The second-order valence-corrected chi connectivity index (χ2v) is 9.67. The summed E-state index contributed by atoms with van der Waals surface area (Å²) in [6.45, 7) is 0.628. The molecule has 1 saturated carbocycles. The van der Waals surface area contributed by atoms with Crippen molar-refractivity contribution in [3.05, 3.63) is 35.3 Å². The van der Waals surface area contributed by atoms with E-state index in [1.54, 1.807) is 30.3 Å². The molecule has 1 aliphatic heterocycles. The van der Waals surface area contributed by atoms with Gasteiger partial charge >= 0.3 is 0 Å². The van der Waals surface area contributed by atoms with E-state index in [-0.39, 0.29) is 23.3 Å². The normalized spacial score (nSPS) is 21.5. The van der Waals surface area contributed by atoms with Gasteiger partial charge in [0.05, 0.1) is 10.8 Å². The number of carbonyl (C=O) groups excluding carboxylic acids is 1. The summed E-state index contributed by atoms with van der Waals surface area (Å²) in [5, 5.41) is 12.4. The van der Waals surface area contributed by atoms with Gasteiger partial charge < -0.3 is 5.32 Å². The van der Waals surface area contributed by atoms with Crippen molar-refractivity contribution in [2.45, 2.75) is 36.5 Å². The molecule has 1 saturated heterocycles. The quantitative estimate of drug-likeness (QED) is 0.844. The maximum Gasteiger partial charge on any atom is 0.243 e. The first-order valence-electron chi connectivity index (χ1n) is 8.73. The van der Waals surface area contributed by atoms with Gasteiger partial charge in [0.2, 0.25) is 21.1 Å². The molecule has 0 radical (unpaired) electrons. The van der Waals surface area contributed by atoms with Crippen LogP contribution in [0.2, 0.25) is 0 Å². The van der Waals surface area contributed by atoms with E-state index >= 15 is 0 Å². The summed E-state index contributed by atoms with van der Waals surface area (Å²) >= 11 is 1.41. The minimum Gasteiger partial charge on any atom is -0.300 e. The molecule has 2 aromatic rings. The summed E-state index contributed by atoms with van der Waals surface area (Å²) in [6, 6.07) is 8.35. The van der Waals surface area contributed by atoms with Gasteiger partial charge in [-0.25, -0.2) is 8.42 Å². The fraction of sp³-hybridized carbons (Fsp3) is 0.471. The lowest BCUT2D eigenvalue weighted by Crippen LogP contribution is -2.43. The highest BCUT2D eigenvalue weighted by Crippen LogP contribution is 2.42. The number of hydrogen-bond donors (Lipinski definition) is 1. The van der Waals surface area contributed by atoms with Crippen molar-refractivity contribution in [1.29, 1.82) is 0 Å². The van der Waals surface area contributed by atoms with E-state index in [9.17, 15) is 13.2 Å². The molecule has 0 bridgehead atoms. The number of nitrogens with one attached hydrogen (secondary N) is 1. The molecule has 2 aliphatic rings. The maximum absolute atomic E-state index is 12.8. The zero-order valence-electron chi connectivity index (χ0n) is 14.2. The molecular formula is C17H20N4O3S2. The monoisotopic (exact) mass is 392 g/mol. The van der Waals surface area contributed by atoms with Gasteiger partial charge in [0.25, 0.3) is 0 Å². The van der Waals surface area contributed by atoms with Gasteiger partial charge in [0.15, 0.2) is 0 Å². The Hall–Kier alpha value is -1.84. The highest BCUT2D eigenvalue weighted by atomic mass is 32.2. The number of carbonyl (C=O) groups is 1. The minimum atomic E-state index is -3.57. The molecule has 9 heteroatoms. The average Bonchev–Trinajstić information content (AvgIpc) is 3.42. The highest BCUT2D eigenvalue weighted by molar-refractivity contribution is 7.89. The lowest BCUT2D eigenvalue weighted by molar-refractivity contribution is -0.120. The second-order valence-electron chi connectivity index (χ2n) is 6.72. The highest BCUT2D eigenvalue weighted by Gasteiger charge is 2.34. The molecule has 1 aromatic heterocycles. The third-order valence-electron chi connectivity index (χ3n) is 4.73. The van der Waals surface area contributed by atoms with Gasteiger partial charge in [-0.3, -0.25) is 4.79 Å². The SMILES string of the molecule is O=C(Nc1nnc(C2CC2)s1)C1CCCN(S(=O)(=O)c2ccccc2)C1. The van der Waals surface area contributed by atoms with Crippen molar-refractivity contribution in [3.8, 4) is 0 Å². The number of piperidine rings is 1. The first kappa shape index (κ1) is 17.6. The van der Waals surface area contributed by atoms with E-state index in [2.05, 4.69) is 15.5 Å². The van der Waals surface area contributed by atoms with Crippen LogP contribution in [0, 0.1) is 5.92 Å². The average molecular weight is 393 g/mol. The Bertz CT molecular complexity index is 894. The van der Waals surface area contributed by atoms with Crippen molar-refractivity contribution in [1.82, 2.24) is 14.5 Å². The van der Waals surface area contributed by atoms with Crippen LogP contribution in [0.5, 0.6) is 0 Å². The van der Waals surface area contributed by atoms with Crippen molar-refractivity contribution >= 4 is 32.4 Å². The summed E-state index contributed by atoms with van der Waals surface area (Å²) in [4.78, 5) is 12.8. The van der Waals surface area contributed by atoms with Gasteiger partial charge in [-0.2, -0.15) is 4.31 Å². The van der Waals surface area contributed by atoms with E-state index in [1.807, 2.05) is 0 Å². The third kappa shape index (κ3) is 3.65. The van der Waals surface area contributed by atoms with Crippen LogP contribution >= 0.6 is 11.3 Å². The predicted octanol–water partition coefficient (Wildman–Crippen LogP) is 2.45. The Kier molecular flexibility index (Phi) is 4.76. The van der Waals surface area contributed by atoms with E-state index in [0.29, 0.717) is 30.4 Å². The lowest BCUT2D eigenvalue weighted by atomic mass is 9.99. The van der Waals surface area contributed by atoms with Gasteiger partial charge in [0, 0.05) is 19.0 Å². The van der Waals surface area contributed by atoms with Crippen LogP contribution in [0.25, 0.3) is 0 Å². The number of amides is 1. The van der Waals surface area contributed by atoms with Gasteiger partial charge in [-0.05, 0) is 37.8 Å². The molecule has 26 heavy (non-hydrogen) atoms. The topological polar surface area (TPSA) is 92.3 Å². The molecule has 1 aromatic carbocycles. The molecule has 1 N–H and O–H groups in total. The molecule has 1 amide bonds. The zero-order valence-corrected chi connectivity index (χ0v) is 15.8. The molecule has 1 atom stereocenters. The van der Waals surface area contributed by atoms with Crippen LogP contribution in [-0.2, 0) is 14.8 Å². The van der Waals surface area contributed by atoms with Crippen LogP contribution in [-0.4, -0.2) is 41.9 Å². The maximum atomic E-state index is 12.8. The largest absolute Gasteiger partial charge is 0.300 e. The number of benzene rings is 1. The van der Waals surface area contributed by atoms with E-state index < -0.39 is 10.0 Å². The van der Waals surface area contributed by atoms with Crippen molar-refractivity contribution in [2.75, 3.05) is 18.4 Å². The lowest BCUT2D eigenvalue weighted by Gasteiger charge is -2.31. The van der Waals surface area contributed by atoms with Crippen molar-refractivity contribution < 1.29 is 13.2 Å². The summed E-state index contributed by atoms with van der Waals surface area (Å²) in [7, 11) is -3.57. The van der Waals surface area contributed by atoms with Crippen LogP contribution in [0.1, 0.15) is 36.6 Å². The zero-order chi connectivity index (χ0) is 18.1. The molecule has 2 heterocycles. The molecule has 4 rings (SSSR count). The first-order valence-corrected chi connectivity index (χ1v) is 11.0. The van der Waals surface area contributed by atoms with Crippen LogP contribution in [0.15, 0.2) is 35.2 Å². The summed E-state index contributed by atoms with van der Waals surface area (Å²) in [5.41, 5.74) is 0. The Morgan fingerprint density at radius 2 is 1.92 bits per heavy atom. The van der Waals surface area contributed by atoms with Crippen molar-refractivity contribution in [2.24, 2.45) is 5.92 Å². The molecule has 2 fully saturated rings. The fourth-order valence-electron chi connectivity index (χ4n) is 3.10. The van der Waals surface area contributed by atoms with Gasteiger partial charge in [-0.1, -0.05) is 29.5 Å². The van der Waals surface area contributed by atoms with Crippen LogP contribution < -0.4 is 5.32 Å². The fourth-order valence-corrected chi connectivity index (χ4v) is 5.56. The second kappa shape index (κ2) is 7.05. The number of sulfonamides is 1. The Morgan fingerprint density at radius 3 is 2.65 bits per heavy atom. The summed E-state index contributed by atoms with van der Waals surface area (Å²) in [6.07, 6.45) is 3.60. The predicted molar refractivity (Wildman–Crippen MR) is 98.4 cm³/mol. The minimum absolute atomic E-state index is 0.184. The Labute approximate surface area is 156 Å². The molecule has 1 aliphatic carbocycles. The van der Waals surface area contributed by atoms with E-state index in [1.165, 1.54) is 15.6 Å². The van der Waals surface area contributed by atoms with Crippen molar-refractivity contribution in [3.63, 3.8) is 0 Å². The number of aromatic nitrogens is 2. The summed E-state index contributed by atoms with van der Waals surface area (Å²) in [5.74, 6) is -0.0636. The molecular weight excluding hydrogens is 372 g/mol. The number of nitrogens with zero attached hydrogens (tertiary/aromatic N) is 3.